The highest BCUT2D eigenvalue weighted by Crippen LogP contribution is 2.21. The van der Waals surface area contributed by atoms with Crippen LogP contribution in [0.1, 0.15) is 25.0 Å². The molecule has 0 fully saturated rings. The number of nitrogens with one attached hydrogen (secondary N) is 1. The minimum atomic E-state index is -4.05. The van der Waals surface area contributed by atoms with Gasteiger partial charge in [0.1, 0.15) is 18.4 Å². The summed E-state index contributed by atoms with van der Waals surface area (Å²) in [5.74, 6) is -1.37. The Morgan fingerprint density at radius 1 is 0.846 bits per heavy atom. The maximum absolute atomic E-state index is 14.0. The van der Waals surface area contributed by atoms with Crippen LogP contribution >= 0.6 is 0 Å². The number of carbonyl (C=O) groups is 2. The quantitative estimate of drug-likeness (QED) is 0.371. The van der Waals surface area contributed by atoms with Gasteiger partial charge in [-0.05, 0) is 49.2 Å². The number of carbonyl (C=O) groups excluding carboxylic acids is 2. The van der Waals surface area contributed by atoms with E-state index in [1.54, 1.807) is 42.5 Å². The first-order chi connectivity index (χ1) is 18.5. The number of halogens is 1. The molecule has 208 valence electrons. The number of hydrogen-bond acceptors (Lipinski definition) is 4. The molecule has 39 heavy (non-hydrogen) atoms. The van der Waals surface area contributed by atoms with E-state index in [0.717, 1.165) is 14.2 Å². The number of anilines is 1. The minimum Gasteiger partial charge on any atom is -0.352 e. The molecular formula is C29H35FN4O4S. The molecule has 0 saturated heterocycles. The van der Waals surface area contributed by atoms with Crippen LogP contribution in [0.3, 0.4) is 0 Å². The molecule has 0 unspecified atom stereocenters. The van der Waals surface area contributed by atoms with Crippen molar-refractivity contribution in [2.45, 2.75) is 38.9 Å². The summed E-state index contributed by atoms with van der Waals surface area (Å²) in [4.78, 5) is 28.9. The van der Waals surface area contributed by atoms with Gasteiger partial charge in [-0.2, -0.15) is 12.7 Å². The highest BCUT2D eigenvalue weighted by Gasteiger charge is 2.34. The first kappa shape index (κ1) is 29.8. The average molecular weight is 555 g/mol. The average Bonchev–Trinajstić information content (AvgIpc) is 2.90. The number of rotatable bonds is 12. The Hall–Kier alpha value is -3.76. The van der Waals surface area contributed by atoms with Crippen molar-refractivity contribution in [3.05, 3.63) is 102 Å². The molecule has 10 heteroatoms. The summed E-state index contributed by atoms with van der Waals surface area (Å²) in [5.41, 5.74) is 1.74. The van der Waals surface area contributed by atoms with Crippen molar-refractivity contribution in [1.29, 1.82) is 0 Å². The van der Waals surface area contributed by atoms with Crippen LogP contribution in [-0.2, 0) is 32.8 Å². The Morgan fingerprint density at radius 2 is 1.41 bits per heavy atom. The van der Waals surface area contributed by atoms with Crippen LogP contribution in [0.4, 0.5) is 10.1 Å². The van der Waals surface area contributed by atoms with E-state index in [4.69, 9.17) is 0 Å². The van der Waals surface area contributed by atoms with Gasteiger partial charge in [0.25, 0.3) is 0 Å². The van der Waals surface area contributed by atoms with Gasteiger partial charge in [0, 0.05) is 33.1 Å². The van der Waals surface area contributed by atoms with Crippen LogP contribution in [0.25, 0.3) is 0 Å². The fourth-order valence-corrected chi connectivity index (χ4v) is 5.09. The van der Waals surface area contributed by atoms with Crippen molar-refractivity contribution in [2.24, 2.45) is 0 Å². The molecule has 3 aromatic rings. The van der Waals surface area contributed by atoms with Crippen molar-refractivity contribution >= 4 is 27.7 Å². The summed E-state index contributed by atoms with van der Waals surface area (Å²) in [6.45, 7) is 3.09. The van der Waals surface area contributed by atoms with Gasteiger partial charge in [0.05, 0.1) is 5.69 Å². The van der Waals surface area contributed by atoms with Gasteiger partial charge in [-0.3, -0.25) is 9.59 Å². The normalized spacial score (nSPS) is 12.3. The molecule has 2 amide bonds. The number of benzene rings is 3. The summed E-state index contributed by atoms with van der Waals surface area (Å²) in [6, 6.07) is 22.1. The fraction of sp³-hybridized carbons (Fsp3) is 0.310. The Kier molecular flexibility index (Phi) is 10.2. The van der Waals surface area contributed by atoms with Gasteiger partial charge in [0.2, 0.25) is 11.8 Å². The van der Waals surface area contributed by atoms with Gasteiger partial charge >= 0.3 is 10.2 Å². The van der Waals surface area contributed by atoms with Crippen molar-refractivity contribution in [2.75, 3.05) is 24.9 Å². The topological polar surface area (TPSA) is 90.0 Å². The smallest absolute Gasteiger partial charge is 0.304 e. The van der Waals surface area contributed by atoms with Gasteiger partial charge < -0.3 is 10.2 Å². The van der Waals surface area contributed by atoms with Crippen LogP contribution in [0.2, 0.25) is 0 Å². The second-order valence-electron chi connectivity index (χ2n) is 9.65. The zero-order valence-electron chi connectivity index (χ0n) is 22.6. The lowest BCUT2D eigenvalue weighted by Crippen LogP contribution is -2.55. The molecule has 0 aromatic heterocycles. The number of para-hydroxylation sites is 1. The van der Waals surface area contributed by atoms with Crippen LogP contribution in [-0.4, -0.2) is 62.2 Å². The summed E-state index contributed by atoms with van der Waals surface area (Å²) < 4.78 is 42.3. The third kappa shape index (κ3) is 8.11. The maximum atomic E-state index is 14.0. The van der Waals surface area contributed by atoms with E-state index < -0.39 is 34.5 Å². The number of nitrogens with zero attached hydrogens (tertiary/aromatic N) is 3. The lowest BCUT2D eigenvalue weighted by atomic mass is 10.0. The third-order valence-electron chi connectivity index (χ3n) is 6.03. The van der Waals surface area contributed by atoms with E-state index in [1.807, 2.05) is 44.2 Å². The molecule has 0 aliphatic rings. The van der Waals surface area contributed by atoms with E-state index in [9.17, 15) is 22.4 Å². The monoisotopic (exact) mass is 554 g/mol. The molecule has 8 nitrogen and oxygen atoms in total. The number of amides is 2. The van der Waals surface area contributed by atoms with Crippen LogP contribution < -0.4 is 9.62 Å². The molecule has 1 atom stereocenters. The van der Waals surface area contributed by atoms with E-state index in [1.165, 1.54) is 31.1 Å². The lowest BCUT2D eigenvalue weighted by Gasteiger charge is -2.34. The lowest BCUT2D eigenvalue weighted by molar-refractivity contribution is -0.140. The van der Waals surface area contributed by atoms with Crippen LogP contribution in [0.5, 0.6) is 0 Å². The Balaban J connectivity index is 2.07. The largest absolute Gasteiger partial charge is 0.352 e. The zero-order chi connectivity index (χ0) is 28.6. The SMILES string of the molecule is CC(C)NC(=O)[C@H](Cc1ccccc1)N(Cc1ccc(F)cc1)C(=O)CN(c1ccccc1)S(=O)(=O)N(C)C. The Morgan fingerprint density at radius 3 is 1.95 bits per heavy atom. The van der Waals surface area contributed by atoms with Crippen molar-refractivity contribution in [1.82, 2.24) is 14.5 Å². The highest BCUT2D eigenvalue weighted by molar-refractivity contribution is 7.90. The standard InChI is InChI=1S/C29H35FN4O4S/c1-22(2)31-29(36)27(19-23-11-7-5-8-12-23)33(20-24-15-17-25(30)18-16-24)28(35)21-34(39(37,38)32(3)4)26-13-9-6-10-14-26/h5-18,22,27H,19-21H2,1-4H3,(H,31,36)/t27-/m0/s1. The molecule has 0 aliphatic carbocycles. The second-order valence-corrected chi connectivity index (χ2v) is 11.7. The predicted molar refractivity (Wildman–Crippen MR) is 151 cm³/mol. The maximum Gasteiger partial charge on any atom is 0.304 e. The molecule has 3 rings (SSSR count). The molecule has 0 spiro atoms. The van der Waals surface area contributed by atoms with Crippen molar-refractivity contribution in [3.63, 3.8) is 0 Å². The molecule has 1 N–H and O–H groups in total. The molecule has 0 aliphatic heterocycles. The molecular weight excluding hydrogens is 519 g/mol. The molecule has 0 bridgehead atoms. The first-order valence-electron chi connectivity index (χ1n) is 12.6. The van der Waals surface area contributed by atoms with Gasteiger partial charge in [0.15, 0.2) is 0 Å². The van der Waals surface area contributed by atoms with Crippen molar-refractivity contribution < 1.29 is 22.4 Å². The second kappa shape index (κ2) is 13.3. The highest BCUT2D eigenvalue weighted by atomic mass is 32.2. The molecule has 0 heterocycles. The predicted octanol–water partition coefficient (Wildman–Crippen LogP) is 3.60. The molecule has 3 aromatic carbocycles. The van der Waals surface area contributed by atoms with Crippen LogP contribution in [0.15, 0.2) is 84.9 Å². The fourth-order valence-electron chi connectivity index (χ4n) is 4.03. The van der Waals surface area contributed by atoms with E-state index in [0.29, 0.717) is 11.3 Å². The van der Waals surface area contributed by atoms with Gasteiger partial charge in [-0.25, -0.2) is 8.70 Å². The van der Waals surface area contributed by atoms with Crippen molar-refractivity contribution in [3.8, 4) is 0 Å². The molecule has 0 radical (unpaired) electrons. The Bertz CT molecular complexity index is 1330. The summed E-state index contributed by atoms with van der Waals surface area (Å²) in [6.07, 6.45) is 0.206. The molecule has 0 saturated carbocycles. The van der Waals surface area contributed by atoms with Crippen LogP contribution in [0, 0.1) is 5.82 Å². The number of hydrogen-bond donors (Lipinski definition) is 1. The Labute approximate surface area is 230 Å². The van der Waals surface area contributed by atoms with E-state index >= 15 is 0 Å². The first-order valence-corrected chi connectivity index (χ1v) is 14.0. The summed E-state index contributed by atoms with van der Waals surface area (Å²) >= 11 is 0. The third-order valence-corrected chi connectivity index (χ3v) is 7.85. The zero-order valence-corrected chi connectivity index (χ0v) is 23.4. The minimum absolute atomic E-state index is 0.0211. The summed E-state index contributed by atoms with van der Waals surface area (Å²) in [7, 11) is -1.28. The van der Waals surface area contributed by atoms with E-state index in [-0.39, 0.29) is 24.9 Å². The van der Waals surface area contributed by atoms with Gasteiger partial charge in [-0.1, -0.05) is 60.7 Å². The summed E-state index contributed by atoms with van der Waals surface area (Å²) in [5, 5.41) is 2.89. The van der Waals surface area contributed by atoms with E-state index in [2.05, 4.69) is 5.32 Å². The van der Waals surface area contributed by atoms with Gasteiger partial charge in [-0.15, -0.1) is 0 Å².